The summed E-state index contributed by atoms with van der Waals surface area (Å²) in [6.45, 7) is 4.58. The summed E-state index contributed by atoms with van der Waals surface area (Å²) in [5, 5.41) is 2.67. The summed E-state index contributed by atoms with van der Waals surface area (Å²) in [4.78, 5) is 12.8. The fourth-order valence-corrected chi connectivity index (χ4v) is 4.76. The SMILES string of the molecule is CC1CN(S(=O)(=O)CCNC(=O)CSc2ccccc2)CC(C)O1. The molecule has 0 aliphatic carbocycles. The molecule has 1 aliphatic rings. The number of rotatable bonds is 7. The van der Waals surface area contributed by atoms with Crippen molar-refractivity contribution in [1.82, 2.24) is 9.62 Å². The third kappa shape index (κ3) is 6.08. The molecule has 0 spiro atoms. The highest BCUT2D eigenvalue weighted by Gasteiger charge is 2.30. The van der Waals surface area contributed by atoms with Crippen molar-refractivity contribution >= 4 is 27.7 Å². The fourth-order valence-electron chi connectivity index (χ4n) is 2.52. The number of amides is 1. The highest BCUT2D eigenvalue weighted by molar-refractivity contribution is 8.00. The maximum absolute atomic E-state index is 12.4. The second-order valence-electron chi connectivity index (χ2n) is 5.84. The predicted octanol–water partition coefficient (Wildman–Crippen LogP) is 1.33. The molecule has 1 aliphatic heterocycles. The van der Waals surface area contributed by atoms with Crippen LogP contribution in [0.3, 0.4) is 0 Å². The number of hydrogen-bond acceptors (Lipinski definition) is 5. The number of carbonyl (C=O) groups is 1. The Balaban J connectivity index is 1.73. The van der Waals surface area contributed by atoms with Crippen LogP contribution >= 0.6 is 11.8 Å². The number of thioether (sulfide) groups is 1. The molecule has 1 aromatic rings. The minimum Gasteiger partial charge on any atom is -0.373 e. The van der Waals surface area contributed by atoms with Gasteiger partial charge in [0.1, 0.15) is 0 Å². The first-order valence-electron chi connectivity index (χ1n) is 7.94. The Kier molecular flexibility index (Phi) is 7.09. The molecule has 2 unspecified atom stereocenters. The topological polar surface area (TPSA) is 75.7 Å². The zero-order chi connectivity index (χ0) is 17.6. The van der Waals surface area contributed by atoms with Crippen molar-refractivity contribution in [3.63, 3.8) is 0 Å². The average molecular weight is 373 g/mol. The zero-order valence-electron chi connectivity index (χ0n) is 14.0. The number of sulfonamides is 1. The molecule has 1 aromatic carbocycles. The van der Waals surface area contributed by atoms with E-state index < -0.39 is 10.0 Å². The van der Waals surface area contributed by atoms with E-state index in [4.69, 9.17) is 4.74 Å². The summed E-state index contributed by atoms with van der Waals surface area (Å²) in [6, 6.07) is 9.61. The molecule has 1 heterocycles. The standard InChI is InChI=1S/C16H24N2O4S2/c1-13-10-18(11-14(2)22-13)24(20,21)9-8-17-16(19)12-23-15-6-4-3-5-7-15/h3-7,13-14H,8-12H2,1-2H3,(H,17,19). The molecule has 0 bridgehead atoms. The van der Waals surface area contributed by atoms with Gasteiger partial charge in [-0.2, -0.15) is 4.31 Å². The summed E-state index contributed by atoms with van der Waals surface area (Å²) >= 11 is 1.43. The van der Waals surface area contributed by atoms with Crippen LogP contribution in [0.5, 0.6) is 0 Å². The number of nitrogens with one attached hydrogen (secondary N) is 1. The molecular weight excluding hydrogens is 348 g/mol. The van der Waals surface area contributed by atoms with Gasteiger partial charge in [-0.25, -0.2) is 8.42 Å². The number of ether oxygens (including phenoxy) is 1. The Morgan fingerprint density at radius 3 is 2.50 bits per heavy atom. The number of morpholine rings is 1. The molecule has 1 amide bonds. The predicted molar refractivity (Wildman–Crippen MR) is 95.5 cm³/mol. The highest BCUT2D eigenvalue weighted by Crippen LogP contribution is 2.16. The first-order valence-corrected chi connectivity index (χ1v) is 10.5. The van der Waals surface area contributed by atoms with Gasteiger partial charge in [0.05, 0.1) is 23.7 Å². The molecule has 0 radical (unpaired) electrons. The molecule has 2 rings (SSSR count). The van der Waals surface area contributed by atoms with Gasteiger partial charge in [0.2, 0.25) is 15.9 Å². The first-order chi connectivity index (χ1) is 11.4. The molecule has 8 heteroatoms. The summed E-state index contributed by atoms with van der Waals surface area (Å²) in [5.74, 6) is 0.0203. The van der Waals surface area contributed by atoms with E-state index in [9.17, 15) is 13.2 Å². The fraction of sp³-hybridized carbons (Fsp3) is 0.562. The molecule has 1 N–H and O–H groups in total. The van der Waals surface area contributed by atoms with Crippen LogP contribution in [0.1, 0.15) is 13.8 Å². The quantitative estimate of drug-likeness (QED) is 0.731. The molecule has 6 nitrogen and oxygen atoms in total. The van der Waals surface area contributed by atoms with Gasteiger partial charge in [-0.05, 0) is 26.0 Å². The maximum atomic E-state index is 12.4. The molecule has 24 heavy (non-hydrogen) atoms. The lowest BCUT2D eigenvalue weighted by Crippen LogP contribution is -2.49. The molecular formula is C16H24N2O4S2. The van der Waals surface area contributed by atoms with Crippen LogP contribution in [0.2, 0.25) is 0 Å². The lowest BCUT2D eigenvalue weighted by atomic mass is 10.3. The van der Waals surface area contributed by atoms with Gasteiger partial charge in [-0.1, -0.05) is 18.2 Å². The molecule has 134 valence electrons. The zero-order valence-corrected chi connectivity index (χ0v) is 15.6. The van der Waals surface area contributed by atoms with Crippen molar-refractivity contribution in [1.29, 1.82) is 0 Å². The van der Waals surface area contributed by atoms with E-state index in [-0.39, 0.29) is 36.2 Å². The van der Waals surface area contributed by atoms with Gasteiger partial charge >= 0.3 is 0 Å². The van der Waals surface area contributed by atoms with Gasteiger partial charge < -0.3 is 10.1 Å². The van der Waals surface area contributed by atoms with Crippen LogP contribution < -0.4 is 5.32 Å². The van der Waals surface area contributed by atoms with E-state index in [1.54, 1.807) is 0 Å². The molecule has 1 saturated heterocycles. The maximum Gasteiger partial charge on any atom is 0.230 e. The van der Waals surface area contributed by atoms with Crippen LogP contribution in [0.4, 0.5) is 0 Å². The van der Waals surface area contributed by atoms with E-state index >= 15 is 0 Å². The highest BCUT2D eigenvalue weighted by atomic mass is 32.2. The smallest absolute Gasteiger partial charge is 0.230 e. The first kappa shape index (κ1) is 19.2. The van der Waals surface area contributed by atoms with Crippen LogP contribution in [0.15, 0.2) is 35.2 Å². The van der Waals surface area contributed by atoms with Gasteiger partial charge in [-0.3, -0.25) is 4.79 Å². The second-order valence-corrected chi connectivity index (χ2v) is 8.98. The monoisotopic (exact) mass is 372 g/mol. The lowest BCUT2D eigenvalue weighted by molar-refractivity contribution is -0.118. The minimum atomic E-state index is -3.38. The molecule has 1 fully saturated rings. The van der Waals surface area contributed by atoms with E-state index in [1.807, 2.05) is 44.2 Å². The van der Waals surface area contributed by atoms with E-state index in [2.05, 4.69) is 5.32 Å². The Morgan fingerprint density at radius 2 is 1.88 bits per heavy atom. The van der Waals surface area contributed by atoms with Crippen LogP contribution in [0.25, 0.3) is 0 Å². The summed E-state index contributed by atoms with van der Waals surface area (Å²) < 4.78 is 31.7. The molecule has 0 saturated carbocycles. The Labute approximate surface area is 148 Å². The number of benzene rings is 1. The second kappa shape index (κ2) is 8.84. The summed E-state index contributed by atoms with van der Waals surface area (Å²) in [5.41, 5.74) is 0. The lowest BCUT2D eigenvalue weighted by Gasteiger charge is -2.34. The van der Waals surface area contributed by atoms with Gasteiger partial charge in [0.15, 0.2) is 0 Å². The van der Waals surface area contributed by atoms with Crippen molar-refractivity contribution < 1.29 is 17.9 Å². The van der Waals surface area contributed by atoms with Crippen molar-refractivity contribution in [2.75, 3.05) is 31.1 Å². The normalized spacial score (nSPS) is 22.2. The Hall–Kier alpha value is -1.09. The van der Waals surface area contributed by atoms with Crippen LogP contribution in [-0.2, 0) is 19.6 Å². The van der Waals surface area contributed by atoms with Crippen LogP contribution in [0, 0.1) is 0 Å². The third-order valence-electron chi connectivity index (χ3n) is 3.57. The summed E-state index contributed by atoms with van der Waals surface area (Å²) in [7, 11) is -3.38. The van der Waals surface area contributed by atoms with Crippen molar-refractivity contribution in [3.05, 3.63) is 30.3 Å². The number of hydrogen-bond donors (Lipinski definition) is 1. The average Bonchev–Trinajstić information content (AvgIpc) is 2.53. The summed E-state index contributed by atoms with van der Waals surface area (Å²) in [6.07, 6.45) is -0.222. The molecule has 0 aromatic heterocycles. The Morgan fingerprint density at radius 1 is 1.25 bits per heavy atom. The Bertz CT molecular complexity index is 627. The largest absolute Gasteiger partial charge is 0.373 e. The third-order valence-corrected chi connectivity index (χ3v) is 6.39. The minimum absolute atomic E-state index is 0.0891. The molecule has 2 atom stereocenters. The number of nitrogens with zero attached hydrogens (tertiary/aromatic N) is 1. The van der Waals surface area contributed by atoms with E-state index in [0.29, 0.717) is 13.1 Å². The van der Waals surface area contributed by atoms with Crippen molar-refractivity contribution in [2.24, 2.45) is 0 Å². The van der Waals surface area contributed by atoms with E-state index in [1.165, 1.54) is 16.1 Å². The van der Waals surface area contributed by atoms with Crippen molar-refractivity contribution in [3.8, 4) is 0 Å². The van der Waals surface area contributed by atoms with Gasteiger partial charge in [-0.15, -0.1) is 11.8 Å². The number of carbonyl (C=O) groups excluding carboxylic acids is 1. The van der Waals surface area contributed by atoms with E-state index in [0.717, 1.165) is 4.90 Å². The van der Waals surface area contributed by atoms with Gasteiger partial charge in [0.25, 0.3) is 0 Å². The van der Waals surface area contributed by atoms with Crippen LogP contribution in [-0.4, -0.2) is 62.0 Å². The van der Waals surface area contributed by atoms with Gasteiger partial charge in [0, 0.05) is 24.5 Å². The van der Waals surface area contributed by atoms with Crippen molar-refractivity contribution in [2.45, 2.75) is 31.0 Å².